The second kappa shape index (κ2) is 7.95. The Morgan fingerprint density at radius 2 is 1.89 bits per heavy atom. The van der Waals surface area contributed by atoms with Crippen LogP contribution < -0.4 is 5.32 Å². The Hall–Kier alpha value is -1.26. The second-order valence-electron chi connectivity index (χ2n) is 3.78. The van der Waals surface area contributed by atoms with E-state index in [0.717, 1.165) is 17.2 Å². The minimum atomic E-state index is -0.215. The van der Waals surface area contributed by atoms with Crippen LogP contribution in [-0.2, 0) is 4.79 Å². The topological polar surface area (TPSA) is 44.7 Å². The molecule has 0 radical (unpaired) electrons. The van der Waals surface area contributed by atoms with Crippen molar-refractivity contribution in [1.29, 1.82) is 0 Å². The lowest BCUT2D eigenvalue weighted by Crippen LogP contribution is -2.17. The van der Waals surface area contributed by atoms with Crippen LogP contribution >= 0.6 is 24.0 Å². The lowest BCUT2D eigenvalue weighted by atomic mass is 10.3. The Morgan fingerprint density at radius 1 is 1.33 bits per heavy atom. The number of carbonyl (C=O) groups excluding carboxylic acids is 1. The third-order valence-electron chi connectivity index (χ3n) is 2.21. The third-order valence-corrected chi connectivity index (χ3v) is 2.45. The monoisotopic (exact) mass is 289 g/mol. The van der Waals surface area contributed by atoms with E-state index < -0.39 is 0 Å². The third kappa shape index (κ3) is 5.38. The maximum atomic E-state index is 11.1. The number of anilines is 1. The molecule has 0 unspecified atom stereocenters. The molecule has 1 N–H and O–H groups in total. The van der Waals surface area contributed by atoms with Gasteiger partial charge >= 0.3 is 0 Å². The molecule has 0 heterocycles. The normalized spacial score (nSPS) is 10.6. The van der Waals surface area contributed by atoms with Crippen LogP contribution in [0.15, 0.2) is 29.3 Å². The molecule has 0 fully saturated rings. The zero-order valence-electron chi connectivity index (χ0n) is 10.6. The van der Waals surface area contributed by atoms with E-state index >= 15 is 0 Å². The Kier molecular flexibility index (Phi) is 7.39. The fraction of sp³-hybridized carbons (Fsp3) is 0.333. The summed E-state index contributed by atoms with van der Waals surface area (Å²) >= 11 is 5.40. The zero-order valence-corrected chi connectivity index (χ0v) is 12.2. The Bertz CT molecular complexity index is 416. The lowest BCUT2D eigenvalue weighted by molar-refractivity contribution is -0.113. The molecule has 0 saturated carbocycles. The molecule has 0 saturated heterocycles. The van der Waals surface area contributed by atoms with Gasteiger partial charge in [0.15, 0.2) is 0 Å². The van der Waals surface area contributed by atoms with Crippen molar-refractivity contribution in [1.82, 2.24) is 4.90 Å². The standard InChI is InChI=1S/C12H16ClN3O.ClH/c1-9(16(2)3)14-10-4-6-11(7-5-10)15-12(17)8-13;/h4-7H,8H2,1-3H3,(H,15,17);1H/b14-9+;. The number of amidine groups is 1. The maximum Gasteiger partial charge on any atom is 0.239 e. The van der Waals surface area contributed by atoms with Gasteiger partial charge in [0.1, 0.15) is 11.7 Å². The fourth-order valence-electron chi connectivity index (χ4n) is 1.10. The molecule has 0 aliphatic carbocycles. The van der Waals surface area contributed by atoms with E-state index in [4.69, 9.17) is 11.6 Å². The smallest absolute Gasteiger partial charge is 0.239 e. The molecule has 0 atom stereocenters. The summed E-state index contributed by atoms with van der Waals surface area (Å²) in [6.45, 7) is 1.93. The van der Waals surface area contributed by atoms with Crippen LogP contribution in [0.5, 0.6) is 0 Å². The number of halogens is 2. The molecule has 0 spiro atoms. The number of amides is 1. The van der Waals surface area contributed by atoms with Gasteiger partial charge in [0.2, 0.25) is 5.91 Å². The molecule has 18 heavy (non-hydrogen) atoms. The molecule has 0 bridgehead atoms. The van der Waals surface area contributed by atoms with Crippen molar-refractivity contribution < 1.29 is 4.79 Å². The van der Waals surface area contributed by atoms with Gasteiger partial charge in [-0.3, -0.25) is 4.79 Å². The van der Waals surface area contributed by atoms with Crippen molar-refractivity contribution in [2.45, 2.75) is 6.92 Å². The molecule has 4 nitrogen and oxygen atoms in total. The first-order chi connectivity index (χ1) is 8.02. The largest absolute Gasteiger partial charge is 0.366 e. The van der Waals surface area contributed by atoms with Crippen molar-refractivity contribution in [3.8, 4) is 0 Å². The molecule has 1 aromatic rings. The highest BCUT2D eigenvalue weighted by Gasteiger charge is 2.00. The van der Waals surface area contributed by atoms with Crippen molar-refractivity contribution >= 4 is 47.1 Å². The molecule has 100 valence electrons. The summed E-state index contributed by atoms with van der Waals surface area (Å²) in [4.78, 5) is 17.4. The Balaban J connectivity index is 0.00000289. The predicted octanol–water partition coefficient (Wildman–Crippen LogP) is 2.90. The highest BCUT2D eigenvalue weighted by Crippen LogP contribution is 2.16. The van der Waals surface area contributed by atoms with Crippen molar-refractivity contribution in [2.75, 3.05) is 25.3 Å². The molecular formula is C12H17Cl2N3O. The number of alkyl halides is 1. The predicted molar refractivity (Wildman–Crippen MR) is 79.5 cm³/mol. The number of hydrogen-bond donors (Lipinski definition) is 1. The van der Waals surface area contributed by atoms with Gasteiger partial charge in [0.05, 0.1) is 5.69 Å². The summed E-state index contributed by atoms with van der Waals surface area (Å²) in [6.07, 6.45) is 0. The van der Waals surface area contributed by atoms with Gasteiger partial charge in [-0.05, 0) is 31.2 Å². The molecule has 6 heteroatoms. The fourth-order valence-corrected chi connectivity index (χ4v) is 1.17. The van der Waals surface area contributed by atoms with Gasteiger partial charge in [-0.15, -0.1) is 24.0 Å². The number of hydrogen-bond acceptors (Lipinski definition) is 2. The first-order valence-corrected chi connectivity index (χ1v) is 5.75. The summed E-state index contributed by atoms with van der Waals surface area (Å²) in [5.41, 5.74) is 1.57. The van der Waals surface area contributed by atoms with Gasteiger partial charge < -0.3 is 10.2 Å². The highest BCUT2D eigenvalue weighted by molar-refractivity contribution is 6.29. The van der Waals surface area contributed by atoms with E-state index in [2.05, 4.69) is 10.3 Å². The van der Waals surface area contributed by atoms with Crippen LogP contribution in [0, 0.1) is 0 Å². The van der Waals surface area contributed by atoms with Crippen molar-refractivity contribution in [3.63, 3.8) is 0 Å². The minimum absolute atomic E-state index is 0. The van der Waals surface area contributed by atoms with E-state index in [9.17, 15) is 4.79 Å². The number of nitrogens with zero attached hydrogens (tertiary/aromatic N) is 2. The average Bonchev–Trinajstić information content (AvgIpc) is 2.31. The number of benzene rings is 1. The van der Waals surface area contributed by atoms with Crippen LogP contribution in [0.3, 0.4) is 0 Å². The first-order valence-electron chi connectivity index (χ1n) is 5.21. The Morgan fingerprint density at radius 3 is 2.33 bits per heavy atom. The van der Waals surface area contributed by atoms with Crippen molar-refractivity contribution in [3.05, 3.63) is 24.3 Å². The van der Waals surface area contributed by atoms with Crippen LogP contribution in [0.2, 0.25) is 0 Å². The summed E-state index contributed by atoms with van der Waals surface area (Å²) in [5.74, 6) is 0.662. The molecule has 1 aromatic carbocycles. The molecule has 0 aromatic heterocycles. The van der Waals surface area contributed by atoms with E-state index in [1.807, 2.05) is 38.1 Å². The average molecular weight is 290 g/mol. The van der Waals surface area contributed by atoms with Gasteiger partial charge in [-0.25, -0.2) is 4.99 Å². The maximum absolute atomic E-state index is 11.1. The summed E-state index contributed by atoms with van der Waals surface area (Å²) in [6, 6.07) is 7.28. The van der Waals surface area contributed by atoms with E-state index in [1.165, 1.54) is 0 Å². The van der Waals surface area contributed by atoms with Gasteiger partial charge in [-0.1, -0.05) is 0 Å². The number of nitrogens with one attached hydrogen (secondary N) is 1. The second-order valence-corrected chi connectivity index (χ2v) is 4.05. The highest BCUT2D eigenvalue weighted by atomic mass is 35.5. The molecular weight excluding hydrogens is 273 g/mol. The van der Waals surface area contributed by atoms with Gasteiger partial charge in [0, 0.05) is 19.8 Å². The van der Waals surface area contributed by atoms with Gasteiger partial charge in [-0.2, -0.15) is 0 Å². The van der Waals surface area contributed by atoms with Crippen LogP contribution in [-0.4, -0.2) is 36.6 Å². The number of aliphatic imine (C=N–C) groups is 1. The van der Waals surface area contributed by atoms with E-state index in [1.54, 1.807) is 12.1 Å². The van der Waals surface area contributed by atoms with E-state index in [0.29, 0.717) is 0 Å². The van der Waals surface area contributed by atoms with Crippen molar-refractivity contribution in [2.24, 2.45) is 4.99 Å². The summed E-state index contributed by atoms with van der Waals surface area (Å²) in [7, 11) is 3.88. The zero-order chi connectivity index (χ0) is 12.8. The number of carbonyl (C=O) groups is 1. The molecule has 0 aliphatic rings. The van der Waals surface area contributed by atoms with E-state index in [-0.39, 0.29) is 24.2 Å². The van der Waals surface area contributed by atoms with Crippen LogP contribution in [0.4, 0.5) is 11.4 Å². The molecule has 0 aliphatic heterocycles. The summed E-state index contributed by atoms with van der Waals surface area (Å²) < 4.78 is 0. The minimum Gasteiger partial charge on any atom is -0.366 e. The van der Waals surface area contributed by atoms with Crippen LogP contribution in [0.25, 0.3) is 0 Å². The van der Waals surface area contributed by atoms with Crippen LogP contribution in [0.1, 0.15) is 6.92 Å². The SMILES string of the molecule is C/C(=N\c1ccc(NC(=O)CCl)cc1)N(C)C.Cl. The number of rotatable bonds is 3. The molecule has 1 amide bonds. The lowest BCUT2D eigenvalue weighted by Gasteiger charge is -2.11. The molecule has 1 rings (SSSR count). The van der Waals surface area contributed by atoms with Gasteiger partial charge in [0.25, 0.3) is 0 Å². The Labute approximate surface area is 118 Å². The summed E-state index contributed by atoms with van der Waals surface area (Å²) in [5, 5.41) is 2.67. The first kappa shape index (κ1) is 16.7. The quantitative estimate of drug-likeness (QED) is 0.528.